The smallest absolute Gasteiger partial charge is 0.310 e. The Morgan fingerprint density at radius 3 is 2.36 bits per heavy atom. The fraction of sp³-hybridized carbons (Fsp3) is 0.400. The first kappa shape index (κ1) is 9.52. The first-order valence-corrected chi connectivity index (χ1v) is 4.48. The lowest BCUT2D eigenvalue weighted by Crippen LogP contribution is -2.36. The molecule has 0 spiro atoms. The fourth-order valence-electron chi connectivity index (χ4n) is 1.61. The summed E-state index contributed by atoms with van der Waals surface area (Å²) in [6, 6.07) is 5.62. The molecule has 1 aliphatic rings. The summed E-state index contributed by atoms with van der Waals surface area (Å²) in [4.78, 5) is 0. The van der Waals surface area contributed by atoms with Crippen molar-refractivity contribution >= 4 is 0 Å². The predicted molar refractivity (Wildman–Crippen MR) is 46.8 cm³/mol. The Kier molecular flexibility index (Phi) is 2.23. The Bertz CT molecular complexity index is 328. The number of alkyl halides is 3. The second-order valence-electron chi connectivity index (χ2n) is 3.38. The van der Waals surface area contributed by atoms with E-state index in [0.717, 1.165) is 19.0 Å². The van der Waals surface area contributed by atoms with Gasteiger partial charge >= 0.3 is 6.18 Å². The molecule has 1 atom stereocenters. The van der Waals surface area contributed by atoms with E-state index in [4.69, 9.17) is 0 Å². The first-order valence-electron chi connectivity index (χ1n) is 4.48. The zero-order valence-corrected chi connectivity index (χ0v) is 7.43. The summed E-state index contributed by atoms with van der Waals surface area (Å²) in [5.41, 5.74) is -0.150. The lowest BCUT2D eigenvalue weighted by atomic mass is 9.93. The summed E-state index contributed by atoms with van der Waals surface area (Å²) in [7, 11) is 0. The highest BCUT2D eigenvalue weighted by atomic mass is 19.4. The Labute approximate surface area is 79.9 Å². The average Bonchev–Trinajstić information content (AvgIpc) is 2.00. The summed E-state index contributed by atoms with van der Waals surface area (Å²) in [5, 5.41) is 2.97. The number of halogens is 3. The van der Waals surface area contributed by atoms with E-state index in [1.54, 1.807) is 12.1 Å². The van der Waals surface area contributed by atoms with Gasteiger partial charge < -0.3 is 5.32 Å². The normalized spacial score (nSPS) is 21.8. The molecular formula is C10H10F3N. The van der Waals surface area contributed by atoms with E-state index < -0.39 is 11.7 Å². The zero-order valence-electron chi connectivity index (χ0n) is 7.43. The van der Waals surface area contributed by atoms with E-state index in [-0.39, 0.29) is 6.04 Å². The molecule has 0 aromatic heterocycles. The molecule has 1 saturated heterocycles. The third-order valence-corrected chi connectivity index (χ3v) is 2.47. The Morgan fingerprint density at radius 2 is 1.86 bits per heavy atom. The summed E-state index contributed by atoms with van der Waals surface area (Å²) in [6.45, 7) is 0.802. The van der Waals surface area contributed by atoms with Crippen LogP contribution in [0.4, 0.5) is 13.2 Å². The van der Waals surface area contributed by atoms with Gasteiger partial charge in [-0.1, -0.05) is 18.2 Å². The Balaban J connectivity index is 2.38. The molecule has 2 rings (SSSR count). The van der Waals surface area contributed by atoms with Crippen LogP contribution in [0.1, 0.15) is 23.6 Å². The number of rotatable bonds is 1. The molecule has 1 heterocycles. The predicted octanol–water partition coefficient (Wildman–Crippen LogP) is 2.74. The summed E-state index contributed by atoms with van der Waals surface area (Å²) in [6.07, 6.45) is -3.46. The van der Waals surface area contributed by atoms with Gasteiger partial charge in [0.1, 0.15) is 0 Å². The highest BCUT2D eigenvalue weighted by Gasteiger charge is 2.35. The van der Waals surface area contributed by atoms with Crippen LogP contribution in [0.3, 0.4) is 0 Å². The molecule has 1 aliphatic heterocycles. The number of benzene rings is 1. The third-order valence-electron chi connectivity index (χ3n) is 2.47. The molecule has 1 aromatic rings. The van der Waals surface area contributed by atoms with Crippen molar-refractivity contribution in [3.8, 4) is 0 Å². The van der Waals surface area contributed by atoms with Crippen LogP contribution >= 0.6 is 0 Å². The van der Waals surface area contributed by atoms with Crippen LogP contribution in [-0.2, 0) is 6.18 Å². The summed E-state index contributed by atoms with van der Waals surface area (Å²) in [5.74, 6) is 0. The standard InChI is InChI=1S/C10H10F3N/c11-10(12,13)8-4-2-1-3-7(8)9-5-6-14-9/h1-4,9,14H,5-6H2. The van der Waals surface area contributed by atoms with E-state index in [0.29, 0.717) is 5.56 Å². The van der Waals surface area contributed by atoms with Gasteiger partial charge in [-0.2, -0.15) is 13.2 Å². The van der Waals surface area contributed by atoms with Crippen molar-refractivity contribution in [2.24, 2.45) is 0 Å². The van der Waals surface area contributed by atoms with Gasteiger partial charge in [0.15, 0.2) is 0 Å². The number of nitrogens with one attached hydrogen (secondary N) is 1. The molecule has 0 bridgehead atoms. The second kappa shape index (κ2) is 3.28. The van der Waals surface area contributed by atoms with Crippen molar-refractivity contribution in [2.75, 3.05) is 6.54 Å². The maximum Gasteiger partial charge on any atom is 0.416 e. The SMILES string of the molecule is FC(F)(F)c1ccccc1C1CCN1. The van der Waals surface area contributed by atoms with Gasteiger partial charge in [0.05, 0.1) is 5.56 Å². The minimum absolute atomic E-state index is 0.118. The van der Waals surface area contributed by atoms with E-state index in [1.165, 1.54) is 6.07 Å². The Morgan fingerprint density at radius 1 is 1.21 bits per heavy atom. The molecule has 14 heavy (non-hydrogen) atoms. The van der Waals surface area contributed by atoms with Crippen LogP contribution < -0.4 is 5.32 Å². The largest absolute Gasteiger partial charge is 0.416 e. The van der Waals surface area contributed by atoms with E-state index in [1.807, 2.05) is 0 Å². The highest BCUT2D eigenvalue weighted by molar-refractivity contribution is 5.33. The van der Waals surface area contributed by atoms with Crippen LogP contribution in [0.2, 0.25) is 0 Å². The Hall–Kier alpha value is -1.03. The maximum absolute atomic E-state index is 12.5. The number of hydrogen-bond donors (Lipinski definition) is 1. The fourth-order valence-corrected chi connectivity index (χ4v) is 1.61. The molecule has 1 nitrogen and oxygen atoms in total. The third kappa shape index (κ3) is 1.62. The second-order valence-corrected chi connectivity index (χ2v) is 3.38. The molecule has 0 amide bonds. The van der Waals surface area contributed by atoms with Crippen LogP contribution in [0, 0.1) is 0 Å². The van der Waals surface area contributed by atoms with Gasteiger partial charge in [-0.05, 0) is 24.6 Å². The van der Waals surface area contributed by atoms with Crippen LogP contribution in [0.15, 0.2) is 24.3 Å². The van der Waals surface area contributed by atoms with Crippen LogP contribution in [0.25, 0.3) is 0 Å². The molecule has 0 aliphatic carbocycles. The highest BCUT2D eigenvalue weighted by Crippen LogP contribution is 2.36. The van der Waals surface area contributed by atoms with E-state index in [9.17, 15) is 13.2 Å². The van der Waals surface area contributed by atoms with Crippen molar-refractivity contribution in [2.45, 2.75) is 18.6 Å². The lowest BCUT2D eigenvalue weighted by molar-refractivity contribution is -0.138. The molecule has 1 fully saturated rings. The zero-order chi connectivity index (χ0) is 10.2. The van der Waals surface area contributed by atoms with Crippen molar-refractivity contribution in [1.82, 2.24) is 5.32 Å². The lowest BCUT2D eigenvalue weighted by Gasteiger charge is -2.30. The molecule has 0 saturated carbocycles. The monoisotopic (exact) mass is 201 g/mol. The van der Waals surface area contributed by atoms with Crippen molar-refractivity contribution in [3.05, 3.63) is 35.4 Å². The molecule has 1 N–H and O–H groups in total. The van der Waals surface area contributed by atoms with Gasteiger partial charge in [0.25, 0.3) is 0 Å². The van der Waals surface area contributed by atoms with E-state index >= 15 is 0 Å². The topological polar surface area (TPSA) is 12.0 Å². The molecule has 0 radical (unpaired) electrons. The minimum atomic E-state index is -4.24. The number of hydrogen-bond acceptors (Lipinski definition) is 1. The average molecular weight is 201 g/mol. The minimum Gasteiger partial charge on any atom is -0.310 e. The quantitative estimate of drug-likeness (QED) is 0.736. The summed E-state index contributed by atoms with van der Waals surface area (Å²) < 4.78 is 37.6. The van der Waals surface area contributed by atoms with Gasteiger partial charge in [-0.15, -0.1) is 0 Å². The van der Waals surface area contributed by atoms with Gasteiger partial charge in [0, 0.05) is 6.04 Å². The van der Waals surface area contributed by atoms with E-state index in [2.05, 4.69) is 5.32 Å². The van der Waals surface area contributed by atoms with Gasteiger partial charge in [0.2, 0.25) is 0 Å². The van der Waals surface area contributed by atoms with Crippen LogP contribution in [0.5, 0.6) is 0 Å². The van der Waals surface area contributed by atoms with Crippen molar-refractivity contribution in [3.63, 3.8) is 0 Å². The first-order chi connectivity index (χ1) is 6.59. The molecule has 1 aromatic carbocycles. The summed E-state index contributed by atoms with van der Waals surface area (Å²) >= 11 is 0. The molecule has 4 heteroatoms. The van der Waals surface area contributed by atoms with Gasteiger partial charge in [-0.3, -0.25) is 0 Å². The van der Waals surface area contributed by atoms with Crippen molar-refractivity contribution in [1.29, 1.82) is 0 Å². The van der Waals surface area contributed by atoms with Crippen LogP contribution in [-0.4, -0.2) is 6.54 Å². The molecule has 1 unspecified atom stereocenters. The van der Waals surface area contributed by atoms with Gasteiger partial charge in [-0.25, -0.2) is 0 Å². The molecular weight excluding hydrogens is 191 g/mol. The maximum atomic E-state index is 12.5. The molecule has 76 valence electrons. The van der Waals surface area contributed by atoms with Crippen molar-refractivity contribution < 1.29 is 13.2 Å².